The van der Waals surface area contributed by atoms with Crippen molar-refractivity contribution in [2.75, 3.05) is 31.6 Å². The summed E-state index contributed by atoms with van der Waals surface area (Å²) in [7, 11) is -1.33. The third-order valence-corrected chi connectivity index (χ3v) is 8.91. The molecule has 45 heavy (non-hydrogen) atoms. The summed E-state index contributed by atoms with van der Waals surface area (Å²) in [5.74, 6) is -0.574. The summed E-state index contributed by atoms with van der Waals surface area (Å²) in [4.78, 5) is 29.0. The molecule has 1 N–H and O–H groups in total. The number of nitrogens with zero attached hydrogens (tertiary/aromatic N) is 2. The van der Waals surface area contributed by atoms with E-state index in [1.54, 1.807) is 24.3 Å². The van der Waals surface area contributed by atoms with Crippen LogP contribution in [0.1, 0.15) is 18.1 Å². The molecule has 0 radical (unpaired) electrons. The molecule has 0 spiro atoms. The van der Waals surface area contributed by atoms with Crippen LogP contribution in [-0.4, -0.2) is 58.5 Å². The largest absolute Gasteiger partial charge is 0.497 e. The van der Waals surface area contributed by atoms with Crippen molar-refractivity contribution in [1.82, 2.24) is 10.2 Å². The van der Waals surface area contributed by atoms with E-state index in [0.717, 1.165) is 22.0 Å². The molecule has 4 aromatic rings. The molecule has 9 nitrogen and oxygen atoms in total. The van der Waals surface area contributed by atoms with Gasteiger partial charge in [-0.15, -0.1) is 0 Å². The predicted molar refractivity (Wildman–Crippen MR) is 170 cm³/mol. The van der Waals surface area contributed by atoms with Gasteiger partial charge < -0.3 is 19.7 Å². The summed E-state index contributed by atoms with van der Waals surface area (Å²) in [5.41, 5.74) is 1.57. The molecule has 0 unspecified atom stereocenters. The van der Waals surface area contributed by atoms with Gasteiger partial charge in [0.25, 0.3) is 10.0 Å². The molecule has 0 saturated carbocycles. The minimum absolute atomic E-state index is 0.0126. The Bertz CT molecular complexity index is 1680. The molecule has 0 aromatic heterocycles. The standard InChI is InChI=1S/C34H36FN3O6S/c1-4-44-29-17-19-31(20-18-29)45(41,42)38(28-15-13-27(35)14-16-28)24-33(39)37(23-26-11-8-12-30(21-26)43-3)32(34(40)36-2)22-25-9-6-5-7-10-25/h5-21,32H,4,22-24H2,1-3H3,(H,36,40)/t32-/m1/s1. The highest BCUT2D eigenvalue weighted by molar-refractivity contribution is 7.92. The first-order chi connectivity index (χ1) is 21.7. The summed E-state index contributed by atoms with van der Waals surface area (Å²) < 4.78 is 53.8. The quantitative estimate of drug-likeness (QED) is 0.214. The number of hydrogen-bond donors (Lipinski definition) is 1. The van der Waals surface area contributed by atoms with Gasteiger partial charge in [-0.05, 0) is 78.7 Å². The van der Waals surface area contributed by atoms with Crippen LogP contribution in [0.3, 0.4) is 0 Å². The van der Waals surface area contributed by atoms with Gasteiger partial charge >= 0.3 is 0 Å². The van der Waals surface area contributed by atoms with Crippen LogP contribution in [0.2, 0.25) is 0 Å². The zero-order chi connectivity index (χ0) is 32.4. The van der Waals surface area contributed by atoms with Gasteiger partial charge in [0, 0.05) is 20.0 Å². The number of nitrogens with one attached hydrogen (secondary N) is 1. The number of hydrogen-bond acceptors (Lipinski definition) is 6. The van der Waals surface area contributed by atoms with Crippen LogP contribution in [-0.2, 0) is 32.6 Å². The maximum absolute atomic E-state index is 14.3. The fraction of sp³-hybridized carbons (Fsp3) is 0.235. The molecule has 2 amide bonds. The Morgan fingerprint density at radius 2 is 1.53 bits per heavy atom. The lowest BCUT2D eigenvalue weighted by Crippen LogP contribution is -2.53. The summed E-state index contributed by atoms with van der Waals surface area (Å²) in [5, 5.41) is 2.65. The van der Waals surface area contributed by atoms with Gasteiger partial charge in [0.2, 0.25) is 11.8 Å². The molecule has 4 rings (SSSR count). The van der Waals surface area contributed by atoms with Crippen molar-refractivity contribution in [2.45, 2.75) is 30.8 Å². The number of benzene rings is 4. The van der Waals surface area contributed by atoms with Crippen LogP contribution in [0.5, 0.6) is 11.5 Å². The number of carbonyl (C=O) groups excluding carboxylic acids is 2. The number of methoxy groups -OCH3 is 1. The van der Waals surface area contributed by atoms with Crippen LogP contribution in [0.25, 0.3) is 0 Å². The second-order valence-corrected chi connectivity index (χ2v) is 11.9. The number of sulfonamides is 1. The highest BCUT2D eigenvalue weighted by Gasteiger charge is 2.34. The van der Waals surface area contributed by atoms with Gasteiger partial charge in [0.05, 0.1) is 24.3 Å². The average Bonchev–Trinajstić information content (AvgIpc) is 3.06. The van der Waals surface area contributed by atoms with E-state index in [1.807, 2.05) is 37.3 Å². The van der Waals surface area contributed by atoms with Crippen molar-refractivity contribution in [3.05, 3.63) is 120 Å². The molecule has 0 aliphatic carbocycles. The highest BCUT2D eigenvalue weighted by atomic mass is 32.2. The van der Waals surface area contributed by atoms with Crippen LogP contribution >= 0.6 is 0 Å². The Hall–Kier alpha value is -4.90. The molecular formula is C34H36FN3O6S. The minimum atomic E-state index is -4.33. The van der Waals surface area contributed by atoms with Crippen molar-refractivity contribution < 1.29 is 31.9 Å². The van der Waals surface area contributed by atoms with E-state index in [1.165, 1.54) is 55.5 Å². The maximum atomic E-state index is 14.3. The first-order valence-corrected chi connectivity index (χ1v) is 15.8. The van der Waals surface area contributed by atoms with Crippen molar-refractivity contribution in [1.29, 1.82) is 0 Å². The van der Waals surface area contributed by atoms with Crippen molar-refractivity contribution >= 4 is 27.5 Å². The Balaban J connectivity index is 1.78. The third kappa shape index (κ3) is 8.39. The molecule has 0 aliphatic rings. The topological polar surface area (TPSA) is 105 Å². The van der Waals surface area contributed by atoms with Crippen LogP contribution in [0.4, 0.5) is 10.1 Å². The van der Waals surface area contributed by atoms with E-state index < -0.39 is 40.2 Å². The van der Waals surface area contributed by atoms with Crippen molar-refractivity contribution in [2.24, 2.45) is 0 Å². The Morgan fingerprint density at radius 1 is 0.867 bits per heavy atom. The molecule has 0 aliphatic heterocycles. The number of carbonyl (C=O) groups is 2. The third-order valence-electron chi connectivity index (χ3n) is 7.12. The Kier molecular flexibility index (Phi) is 11.2. The van der Waals surface area contributed by atoms with E-state index in [-0.39, 0.29) is 23.5 Å². The summed E-state index contributed by atoms with van der Waals surface area (Å²) >= 11 is 0. The molecular weight excluding hydrogens is 597 g/mol. The lowest BCUT2D eigenvalue weighted by atomic mass is 10.0. The maximum Gasteiger partial charge on any atom is 0.264 e. The van der Waals surface area contributed by atoms with Crippen molar-refractivity contribution in [3.63, 3.8) is 0 Å². The molecule has 11 heteroatoms. The number of halogens is 1. The zero-order valence-corrected chi connectivity index (χ0v) is 26.2. The Morgan fingerprint density at radius 3 is 2.16 bits per heavy atom. The normalized spacial score (nSPS) is 11.7. The molecule has 1 atom stereocenters. The van der Waals surface area contributed by atoms with Gasteiger partial charge in [-0.25, -0.2) is 12.8 Å². The molecule has 0 saturated heterocycles. The van der Waals surface area contributed by atoms with Crippen LogP contribution in [0.15, 0.2) is 108 Å². The summed E-state index contributed by atoms with van der Waals surface area (Å²) in [6.07, 6.45) is 0.179. The van der Waals surface area contributed by atoms with Crippen LogP contribution in [0, 0.1) is 5.82 Å². The lowest BCUT2D eigenvalue weighted by Gasteiger charge is -2.33. The monoisotopic (exact) mass is 633 g/mol. The summed E-state index contributed by atoms with van der Waals surface area (Å²) in [6, 6.07) is 26.0. The van der Waals surface area contributed by atoms with Gasteiger partial charge in [-0.1, -0.05) is 42.5 Å². The number of rotatable bonds is 14. The first kappa shape index (κ1) is 33.0. The number of anilines is 1. The molecule has 236 valence electrons. The van der Waals surface area contributed by atoms with Gasteiger partial charge in [-0.3, -0.25) is 13.9 Å². The van der Waals surface area contributed by atoms with Crippen LogP contribution < -0.4 is 19.1 Å². The highest BCUT2D eigenvalue weighted by Crippen LogP contribution is 2.27. The van der Waals surface area contributed by atoms with E-state index >= 15 is 0 Å². The average molecular weight is 634 g/mol. The molecule has 0 heterocycles. The Labute approximate surface area is 263 Å². The van der Waals surface area contributed by atoms with Crippen molar-refractivity contribution in [3.8, 4) is 11.5 Å². The van der Waals surface area contributed by atoms with E-state index in [0.29, 0.717) is 23.7 Å². The summed E-state index contributed by atoms with van der Waals surface area (Å²) in [6.45, 7) is 1.54. The fourth-order valence-electron chi connectivity index (χ4n) is 4.83. The van der Waals surface area contributed by atoms with Gasteiger partial charge in [-0.2, -0.15) is 0 Å². The lowest BCUT2D eigenvalue weighted by molar-refractivity contribution is -0.139. The SMILES string of the molecule is CCOc1ccc(S(=O)(=O)N(CC(=O)N(Cc2cccc(OC)c2)[C@H](Cc2ccccc2)C(=O)NC)c2ccc(F)cc2)cc1. The number of ether oxygens (including phenoxy) is 2. The van der Waals surface area contributed by atoms with Gasteiger partial charge in [0.1, 0.15) is 29.9 Å². The molecule has 0 fully saturated rings. The van der Waals surface area contributed by atoms with E-state index in [9.17, 15) is 22.4 Å². The van der Waals surface area contributed by atoms with E-state index in [4.69, 9.17) is 9.47 Å². The van der Waals surface area contributed by atoms with Gasteiger partial charge in [0.15, 0.2) is 0 Å². The fourth-order valence-corrected chi connectivity index (χ4v) is 6.24. The number of amides is 2. The second-order valence-electron chi connectivity index (χ2n) is 10.1. The smallest absolute Gasteiger partial charge is 0.264 e. The first-order valence-electron chi connectivity index (χ1n) is 14.3. The predicted octanol–water partition coefficient (Wildman–Crippen LogP) is 4.81. The zero-order valence-electron chi connectivity index (χ0n) is 25.4. The molecule has 0 bridgehead atoms. The van der Waals surface area contributed by atoms with E-state index in [2.05, 4.69) is 5.32 Å². The second kappa shape index (κ2) is 15.2. The minimum Gasteiger partial charge on any atom is -0.497 e. The molecule has 4 aromatic carbocycles. The number of likely N-dealkylation sites (N-methyl/N-ethyl adjacent to an activating group) is 1.